The molecule has 0 aliphatic carbocycles. The Kier molecular flexibility index (Phi) is 5.91. The monoisotopic (exact) mass is 500 g/mol. The molecular formula is C26H20F4N2O4. The first kappa shape index (κ1) is 23.8. The highest BCUT2D eigenvalue weighted by Crippen LogP contribution is 2.46. The number of carbonyl (C=O) groups is 1. The second-order valence-corrected chi connectivity index (χ2v) is 8.55. The number of rotatable bonds is 4. The van der Waals surface area contributed by atoms with Gasteiger partial charge in [0.05, 0.1) is 16.5 Å². The van der Waals surface area contributed by atoms with Crippen molar-refractivity contribution < 1.29 is 37.3 Å². The number of carboxylic acids is 1. The van der Waals surface area contributed by atoms with E-state index in [0.717, 1.165) is 12.3 Å². The summed E-state index contributed by atoms with van der Waals surface area (Å²) in [5.74, 6) is -2.48. The number of carboxylic acid groups (broad SMARTS) is 1. The van der Waals surface area contributed by atoms with Gasteiger partial charge in [0.25, 0.3) is 0 Å². The standard InChI is InChI=1S/C26H20F4N2O4/c27-16-4-6-17(7-5-16)32-19-2-1-3-20(33)22(19)21(23(32)14-8-10-36-11-9-14)15-12-18(25(34)35)24(31-13-15)26(28,29)30/h1-7,12-14,33H,8-11H2,(H,34,35). The lowest BCUT2D eigenvalue weighted by Gasteiger charge is -2.26. The van der Waals surface area contributed by atoms with E-state index in [9.17, 15) is 32.6 Å². The third kappa shape index (κ3) is 4.07. The number of alkyl halides is 3. The Morgan fingerprint density at radius 3 is 2.42 bits per heavy atom. The molecule has 4 aromatic rings. The number of halogens is 4. The second-order valence-electron chi connectivity index (χ2n) is 8.55. The molecule has 0 amide bonds. The summed E-state index contributed by atoms with van der Waals surface area (Å²) in [5, 5.41) is 20.8. The second kappa shape index (κ2) is 8.94. The summed E-state index contributed by atoms with van der Waals surface area (Å²) in [4.78, 5) is 15.3. The molecule has 2 N–H and O–H groups in total. The number of phenols is 1. The van der Waals surface area contributed by atoms with Gasteiger partial charge in [0.1, 0.15) is 11.6 Å². The lowest BCUT2D eigenvalue weighted by Crippen LogP contribution is -2.18. The van der Waals surface area contributed by atoms with Gasteiger partial charge in [0.2, 0.25) is 0 Å². The maximum Gasteiger partial charge on any atom is 0.434 e. The van der Waals surface area contributed by atoms with Crippen molar-refractivity contribution in [2.75, 3.05) is 13.2 Å². The molecule has 0 atom stereocenters. The van der Waals surface area contributed by atoms with Crippen LogP contribution in [0.1, 0.15) is 40.5 Å². The fourth-order valence-electron chi connectivity index (χ4n) is 4.85. The zero-order valence-electron chi connectivity index (χ0n) is 18.7. The lowest BCUT2D eigenvalue weighted by atomic mass is 9.89. The number of aromatic hydroxyl groups is 1. The molecule has 0 spiro atoms. The van der Waals surface area contributed by atoms with Crippen LogP contribution < -0.4 is 0 Å². The average molecular weight is 500 g/mol. The minimum Gasteiger partial charge on any atom is -0.507 e. The highest BCUT2D eigenvalue weighted by atomic mass is 19.4. The fourth-order valence-corrected chi connectivity index (χ4v) is 4.85. The molecule has 1 aliphatic heterocycles. The molecule has 0 bridgehead atoms. The topological polar surface area (TPSA) is 84.6 Å². The van der Waals surface area contributed by atoms with Crippen LogP contribution in [0.3, 0.4) is 0 Å². The van der Waals surface area contributed by atoms with Gasteiger partial charge < -0.3 is 19.5 Å². The number of nitrogens with zero attached hydrogens (tertiary/aromatic N) is 2. The van der Waals surface area contributed by atoms with E-state index in [2.05, 4.69) is 4.98 Å². The van der Waals surface area contributed by atoms with Gasteiger partial charge in [-0.05, 0) is 55.3 Å². The number of hydrogen-bond acceptors (Lipinski definition) is 4. The number of benzene rings is 2. The fraction of sp³-hybridized carbons (Fsp3) is 0.231. The van der Waals surface area contributed by atoms with E-state index in [0.29, 0.717) is 53.9 Å². The van der Waals surface area contributed by atoms with Crippen LogP contribution in [0.4, 0.5) is 17.6 Å². The quantitative estimate of drug-likeness (QED) is 0.329. The van der Waals surface area contributed by atoms with Crippen LogP contribution in [0.25, 0.3) is 27.7 Å². The summed E-state index contributed by atoms with van der Waals surface area (Å²) in [5.41, 5.74) is -0.224. The van der Waals surface area contributed by atoms with E-state index in [1.807, 2.05) is 4.57 Å². The van der Waals surface area contributed by atoms with Gasteiger partial charge in [-0.3, -0.25) is 4.98 Å². The SMILES string of the molecule is O=C(O)c1cc(-c2c(C3CCOCC3)n(-c3ccc(F)cc3)c3cccc(O)c23)cnc1C(F)(F)F. The third-order valence-electron chi connectivity index (χ3n) is 6.38. The molecule has 3 heterocycles. The maximum absolute atomic E-state index is 13.7. The van der Waals surface area contributed by atoms with E-state index in [1.165, 1.54) is 18.2 Å². The van der Waals surface area contributed by atoms with Crippen LogP contribution in [-0.2, 0) is 10.9 Å². The summed E-state index contributed by atoms with van der Waals surface area (Å²) < 4.78 is 61.5. The largest absolute Gasteiger partial charge is 0.507 e. The predicted octanol–water partition coefficient (Wildman–Crippen LogP) is 6.15. The average Bonchev–Trinajstić information content (AvgIpc) is 3.20. The number of ether oxygens (including phenoxy) is 1. The lowest BCUT2D eigenvalue weighted by molar-refractivity contribution is -0.141. The smallest absolute Gasteiger partial charge is 0.434 e. The van der Waals surface area contributed by atoms with Crippen molar-refractivity contribution >= 4 is 16.9 Å². The summed E-state index contributed by atoms with van der Waals surface area (Å²) in [7, 11) is 0. The number of fused-ring (bicyclic) bond motifs is 1. The Bertz CT molecular complexity index is 1460. The van der Waals surface area contributed by atoms with Gasteiger partial charge in [-0.25, -0.2) is 9.18 Å². The van der Waals surface area contributed by atoms with E-state index in [-0.39, 0.29) is 17.2 Å². The molecule has 0 radical (unpaired) electrons. The van der Waals surface area contributed by atoms with Crippen molar-refractivity contribution in [1.29, 1.82) is 0 Å². The zero-order chi connectivity index (χ0) is 25.6. The summed E-state index contributed by atoms with van der Waals surface area (Å²) in [6.45, 7) is 0.902. The molecule has 5 rings (SSSR count). The Hall–Kier alpha value is -3.92. The number of aromatic nitrogens is 2. The highest BCUT2D eigenvalue weighted by Gasteiger charge is 2.38. The van der Waals surface area contributed by atoms with E-state index < -0.39 is 29.2 Å². The van der Waals surface area contributed by atoms with Crippen LogP contribution >= 0.6 is 0 Å². The normalized spacial score (nSPS) is 14.9. The number of phenolic OH excluding ortho intramolecular Hbond substituents is 1. The molecule has 10 heteroatoms. The summed E-state index contributed by atoms with van der Waals surface area (Å²) in [6.07, 6.45) is -2.80. The van der Waals surface area contributed by atoms with Crippen LogP contribution in [0, 0.1) is 5.82 Å². The van der Waals surface area contributed by atoms with Crippen molar-refractivity contribution in [3.63, 3.8) is 0 Å². The Morgan fingerprint density at radius 2 is 1.78 bits per heavy atom. The van der Waals surface area contributed by atoms with Crippen molar-refractivity contribution in [3.05, 3.63) is 77.5 Å². The number of hydrogen-bond donors (Lipinski definition) is 2. The van der Waals surface area contributed by atoms with Gasteiger partial charge >= 0.3 is 12.1 Å². The molecule has 0 unspecified atom stereocenters. The van der Waals surface area contributed by atoms with Crippen LogP contribution in [0.2, 0.25) is 0 Å². The van der Waals surface area contributed by atoms with Crippen LogP contribution in [0.15, 0.2) is 54.7 Å². The molecule has 186 valence electrons. The van der Waals surface area contributed by atoms with Crippen molar-refractivity contribution in [3.8, 4) is 22.6 Å². The summed E-state index contributed by atoms with van der Waals surface area (Å²) >= 11 is 0. The molecule has 0 saturated carbocycles. The molecule has 6 nitrogen and oxygen atoms in total. The molecule has 36 heavy (non-hydrogen) atoms. The maximum atomic E-state index is 13.7. The third-order valence-corrected chi connectivity index (χ3v) is 6.38. The van der Waals surface area contributed by atoms with Crippen molar-refractivity contribution in [2.45, 2.75) is 24.9 Å². The Balaban J connectivity index is 1.88. The molecule has 1 fully saturated rings. The van der Waals surface area contributed by atoms with Gasteiger partial charge in [0.15, 0.2) is 5.69 Å². The molecule has 2 aromatic carbocycles. The van der Waals surface area contributed by atoms with Crippen molar-refractivity contribution in [1.82, 2.24) is 9.55 Å². The predicted molar refractivity (Wildman–Crippen MR) is 123 cm³/mol. The van der Waals surface area contributed by atoms with Crippen LogP contribution in [-0.4, -0.2) is 38.9 Å². The van der Waals surface area contributed by atoms with Gasteiger partial charge in [-0.2, -0.15) is 13.2 Å². The first-order valence-corrected chi connectivity index (χ1v) is 11.2. The zero-order valence-corrected chi connectivity index (χ0v) is 18.7. The Labute approximate surface area is 202 Å². The minimum absolute atomic E-state index is 0.120. The summed E-state index contributed by atoms with van der Waals surface area (Å²) in [6, 6.07) is 11.5. The first-order valence-electron chi connectivity index (χ1n) is 11.2. The van der Waals surface area contributed by atoms with Crippen LogP contribution in [0.5, 0.6) is 5.75 Å². The molecule has 2 aromatic heterocycles. The molecule has 1 aliphatic rings. The Morgan fingerprint density at radius 1 is 1.08 bits per heavy atom. The van der Waals surface area contributed by atoms with E-state index in [4.69, 9.17) is 4.74 Å². The van der Waals surface area contributed by atoms with E-state index in [1.54, 1.807) is 24.3 Å². The number of aromatic carboxylic acids is 1. The van der Waals surface area contributed by atoms with Gasteiger partial charge in [-0.15, -0.1) is 0 Å². The first-order chi connectivity index (χ1) is 17.2. The van der Waals surface area contributed by atoms with Crippen molar-refractivity contribution in [2.24, 2.45) is 0 Å². The van der Waals surface area contributed by atoms with E-state index >= 15 is 0 Å². The number of pyridine rings is 1. The van der Waals surface area contributed by atoms with Gasteiger partial charge in [-0.1, -0.05) is 6.07 Å². The molecule has 1 saturated heterocycles. The van der Waals surface area contributed by atoms with Gasteiger partial charge in [0, 0.05) is 47.8 Å². The minimum atomic E-state index is -4.96. The molecular weight excluding hydrogens is 480 g/mol. The highest BCUT2D eigenvalue weighted by molar-refractivity contribution is 6.04.